The summed E-state index contributed by atoms with van der Waals surface area (Å²) in [5, 5.41) is 8.39. The molecule has 1 aliphatic rings. The van der Waals surface area contributed by atoms with Crippen molar-refractivity contribution >= 4 is 16.9 Å². The zero-order chi connectivity index (χ0) is 17.6. The second kappa shape index (κ2) is 5.88. The quantitative estimate of drug-likeness (QED) is 0.781. The summed E-state index contributed by atoms with van der Waals surface area (Å²) in [6, 6.07) is 9.62. The molecule has 0 fully saturated rings. The standard InChI is InChI=1S/C19H20N4O2/c1-11-10-14(17-12(2)22-23(3)18(17)20-11)19(24)21-15-8-9-25-16-7-5-4-6-13(15)16/h4-7,10,15H,8-9H2,1-3H3,(H,21,24)/t15-/m1/s1. The van der Waals surface area contributed by atoms with Crippen LogP contribution in [-0.4, -0.2) is 27.3 Å². The van der Waals surface area contributed by atoms with Crippen molar-refractivity contribution in [3.05, 3.63) is 52.8 Å². The van der Waals surface area contributed by atoms with Crippen molar-refractivity contribution in [3.8, 4) is 5.75 Å². The number of amides is 1. The number of benzene rings is 1. The minimum absolute atomic E-state index is 0.0575. The maximum atomic E-state index is 13.0. The van der Waals surface area contributed by atoms with Gasteiger partial charge in [0.15, 0.2) is 5.65 Å². The second-order valence-corrected chi connectivity index (χ2v) is 6.42. The fourth-order valence-electron chi connectivity index (χ4n) is 3.48. The largest absolute Gasteiger partial charge is 0.493 e. The number of aromatic nitrogens is 3. The zero-order valence-corrected chi connectivity index (χ0v) is 14.5. The molecule has 0 aliphatic carbocycles. The maximum Gasteiger partial charge on any atom is 0.252 e. The van der Waals surface area contributed by atoms with Crippen LogP contribution in [0.5, 0.6) is 5.75 Å². The summed E-state index contributed by atoms with van der Waals surface area (Å²) in [4.78, 5) is 17.6. The summed E-state index contributed by atoms with van der Waals surface area (Å²) in [6.45, 7) is 4.39. The first-order valence-corrected chi connectivity index (χ1v) is 8.38. The van der Waals surface area contributed by atoms with Gasteiger partial charge in [-0.15, -0.1) is 0 Å². The molecule has 0 saturated carbocycles. The van der Waals surface area contributed by atoms with Gasteiger partial charge in [-0.3, -0.25) is 9.48 Å². The average Bonchev–Trinajstić information content (AvgIpc) is 2.88. The molecule has 6 nitrogen and oxygen atoms in total. The third-order valence-electron chi connectivity index (χ3n) is 4.61. The van der Waals surface area contributed by atoms with Crippen LogP contribution in [0.2, 0.25) is 0 Å². The van der Waals surface area contributed by atoms with Crippen LogP contribution in [0.15, 0.2) is 30.3 Å². The van der Waals surface area contributed by atoms with Crippen LogP contribution in [0.4, 0.5) is 0 Å². The highest BCUT2D eigenvalue weighted by atomic mass is 16.5. The lowest BCUT2D eigenvalue weighted by Crippen LogP contribution is -2.32. The molecule has 1 atom stereocenters. The number of nitrogens with one attached hydrogen (secondary N) is 1. The number of rotatable bonds is 2. The molecule has 3 heterocycles. The molecule has 1 amide bonds. The van der Waals surface area contributed by atoms with Crippen LogP contribution in [0.3, 0.4) is 0 Å². The van der Waals surface area contributed by atoms with Crippen LogP contribution in [-0.2, 0) is 7.05 Å². The van der Waals surface area contributed by atoms with Gasteiger partial charge in [0.25, 0.3) is 5.91 Å². The van der Waals surface area contributed by atoms with Crippen LogP contribution >= 0.6 is 0 Å². The van der Waals surface area contributed by atoms with Gasteiger partial charge in [0.05, 0.1) is 29.3 Å². The minimum Gasteiger partial charge on any atom is -0.493 e. The molecule has 1 N–H and O–H groups in total. The van der Waals surface area contributed by atoms with Crippen molar-refractivity contribution in [1.82, 2.24) is 20.1 Å². The number of carbonyl (C=O) groups excluding carboxylic acids is 1. The minimum atomic E-state index is -0.103. The lowest BCUT2D eigenvalue weighted by molar-refractivity contribution is 0.0926. The Morgan fingerprint density at radius 1 is 1.32 bits per heavy atom. The van der Waals surface area contributed by atoms with Gasteiger partial charge in [-0.05, 0) is 26.0 Å². The van der Waals surface area contributed by atoms with E-state index in [-0.39, 0.29) is 11.9 Å². The van der Waals surface area contributed by atoms with Crippen molar-refractivity contribution in [2.45, 2.75) is 26.3 Å². The third kappa shape index (κ3) is 2.63. The molecule has 1 aliphatic heterocycles. The maximum absolute atomic E-state index is 13.0. The lowest BCUT2D eigenvalue weighted by atomic mass is 9.99. The van der Waals surface area contributed by atoms with Gasteiger partial charge in [0, 0.05) is 24.7 Å². The highest BCUT2D eigenvalue weighted by Crippen LogP contribution is 2.32. The van der Waals surface area contributed by atoms with Gasteiger partial charge in [-0.2, -0.15) is 5.10 Å². The number of para-hydroxylation sites is 1. The molecular formula is C19H20N4O2. The first kappa shape index (κ1) is 15.6. The number of aryl methyl sites for hydroxylation is 3. The summed E-state index contributed by atoms with van der Waals surface area (Å²) in [5.41, 5.74) is 3.98. The van der Waals surface area contributed by atoms with Gasteiger partial charge in [0.2, 0.25) is 0 Å². The number of ether oxygens (including phenoxy) is 1. The molecule has 6 heteroatoms. The van der Waals surface area contributed by atoms with Crippen LogP contribution in [0, 0.1) is 13.8 Å². The average molecular weight is 336 g/mol. The van der Waals surface area contributed by atoms with E-state index in [2.05, 4.69) is 15.4 Å². The van der Waals surface area contributed by atoms with Crippen molar-refractivity contribution in [2.75, 3.05) is 6.61 Å². The number of hydrogen-bond donors (Lipinski definition) is 1. The van der Waals surface area contributed by atoms with E-state index >= 15 is 0 Å². The Bertz CT molecular complexity index is 977. The van der Waals surface area contributed by atoms with Crippen molar-refractivity contribution < 1.29 is 9.53 Å². The Morgan fingerprint density at radius 3 is 2.96 bits per heavy atom. The first-order chi connectivity index (χ1) is 12.0. The Labute approximate surface area is 145 Å². The molecule has 1 aromatic carbocycles. The Kier molecular flexibility index (Phi) is 3.67. The summed E-state index contributed by atoms with van der Waals surface area (Å²) >= 11 is 0. The summed E-state index contributed by atoms with van der Waals surface area (Å²) < 4.78 is 7.40. The molecule has 25 heavy (non-hydrogen) atoms. The molecule has 4 rings (SSSR count). The molecule has 0 bridgehead atoms. The molecule has 3 aromatic rings. The normalized spacial score (nSPS) is 16.4. The van der Waals surface area contributed by atoms with E-state index in [0.29, 0.717) is 12.2 Å². The molecule has 0 spiro atoms. The summed E-state index contributed by atoms with van der Waals surface area (Å²) in [5.74, 6) is 0.737. The van der Waals surface area contributed by atoms with Gasteiger partial charge in [-0.1, -0.05) is 18.2 Å². The predicted octanol–water partition coefficient (Wildman–Crippen LogP) is 2.84. The van der Waals surface area contributed by atoms with E-state index in [1.807, 2.05) is 51.2 Å². The Morgan fingerprint density at radius 2 is 2.12 bits per heavy atom. The predicted molar refractivity (Wildman–Crippen MR) is 94.7 cm³/mol. The SMILES string of the molecule is Cc1cc(C(=O)N[C@@H]2CCOc3ccccc32)c2c(C)nn(C)c2n1. The van der Waals surface area contributed by atoms with Gasteiger partial charge in [-0.25, -0.2) is 4.98 Å². The van der Waals surface area contributed by atoms with Crippen molar-refractivity contribution in [2.24, 2.45) is 7.05 Å². The Balaban J connectivity index is 1.72. The second-order valence-electron chi connectivity index (χ2n) is 6.42. The molecule has 0 saturated heterocycles. The fourth-order valence-corrected chi connectivity index (χ4v) is 3.48. The van der Waals surface area contributed by atoms with E-state index in [9.17, 15) is 4.79 Å². The molecule has 128 valence electrons. The number of nitrogens with zero attached hydrogens (tertiary/aromatic N) is 3. The monoisotopic (exact) mass is 336 g/mol. The van der Waals surface area contributed by atoms with E-state index < -0.39 is 0 Å². The van der Waals surface area contributed by atoms with E-state index in [4.69, 9.17) is 4.74 Å². The first-order valence-electron chi connectivity index (χ1n) is 8.38. The number of pyridine rings is 1. The van der Waals surface area contributed by atoms with Gasteiger partial charge in [0.1, 0.15) is 5.75 Å². The number of hydrogen-bond acceptors (Lipinski definition) is 4. The topological polar surface area (TPSA) is 69.0 Å². The number of fused-ring (bicyclic) bond motifs is 2. The summed E-state index contributed by atoms with van der Waals surface area (Å²) in [7, 11) is 1.85. The van der Waals surface area contributed by atoms with Crippen LogP contribution < -0.4 is 10.1 Å². The van der Waals surface area contributed by atoms with Gasteiger partial charge < -0.3 is 10.1 Å². The van der Waals surface area contributed by atoms with Gasteiger partial charge >= 0.3 is 0 Å². The highest BCUT2D eigenvalue weighted by molar-refractivity contribution is 6.06. The van der Waals surface area contributed by atoms with E-state index in [1.165, 1.54) is 0 Å². The van der Waals surface area contributed by atoms with Crippen LogP contribution in [0.25, 0.3) is 11.0 Å². The van der Waals surface area contributed by atoms with Crippen molar-refractivity contribution in [1.29, 1.82) is 0 Å². The summed E-state index contributed by atoms with van der Waals surface area (Å²) in [6.07, 6.45) is 0.752. The van der Waals surface area contributed by atoms with Crippen molar-refractivity contribution in [3.63, 3.8) is 0 Å². The Hall–Kier alpha value is -2.89. The third-order valence-corrected chi connectivity index (χ3v) is 4.61. The van der Waals surface area contributed by atoms with E-state index in [0.717, 1.165) is 40.2 Å². The molecular weight excluding hydrogens is 316 g/mol. The molecule has 2 aromatic heterocycles. The van der Waals surface area contributed by atoms with Crippen LogP contribution in [0.1, 0.15) is 39.8 Å². The lowest BCUT2D eigenvalue weighted by Gasteiger charge is -2.26. The molecule has 0 radical (unpaired) electrons. The van der Waals surface area contributed by atoms with E-state index in [1.54, 1.807) is 4.68 Å². The highest BCUT2D eigenvalue weighted by Gasteiger charge is 2.25. The smallest absolute Gasteiger partial charge is 0.252 e. The number of carbonyl (C=O) groups is 1. The fraction of sp³-hybridized carbons (Fsp3) is 0.316. The molecule has 0 unspecified atom stereocenters. The zero-order valence-electron chi connectivity index (χ0n) is 14.5.